The van der Waals surface area contributed by atoms with Crippen LogP contribution in [0, 0.1) is 0 Å². The molecule has 0 aliphatic rings. The molecule has 0 heterocycles. The summed E-state index contributed by atoms with van der Waals surface area (Å²) < 4.78 is 36.3. The summed E-state index contributed by atoms with van der Waals surface area (Å²) >= 11 is 0. The zero-order chi connectivity index (χ0) is 26.3. The van der Waals surface area contributed by atoms with Crippen molar-refractivity contribution < 1.29 is 32.4 Å². The standard InChI is InChI=1S/C14H10O7S.C12H27N/c15-13(16)9-6-10(8-12(7-9)22(18,19)20)14(17)21-11-4-2-1-3-5-11;1-4-7-10-13(11-8-5-2)12-9-6-3/h1-8H,(H,15,16)(H,18,19,20);4-12H2,1-3H3. The van der Waals surface area contributed by atoms with E-state index >= 15 is 0 Å². The molecule has 0 bridgehead atoms. The van der Waals surface area contributed by atoms with Gasteiger partial charge in [-0.3, -0.25) is 4.55 Å². The van der Waals surface area contributed by atoms with Gasteiger partial charge < -0.3 is 14.7 Å². The van der Waals surface area contributed by atoms with Crippen LogP contribution in [0.5, 0.6) is 5.75 Å². The Morgan fingerprint density at radius 3 is 1.74 bits per heavy atom. The Kier molecular flexibility index (Phi) is 13.9. The molecule has 0 aliphatic heterocycles. The van der Waals surface area contributed by atoms with E-state index in [9.17, 15) is 18.0 Å². The van der Waals surface area contributed by atoms with Gasteiger partial charge in [0, 0.05) is 0 Å². The van der Waals surface area contributed by atoms with Crippen LogP contribution in [0.4, 0.5) is 0 Å². The summed E-state index contributed by atoms with van der Waals surface area (Å²) in [4.78, 5) is 24.9. The number of benzene rings is 2. The van der Waals surface area contributed by atoms with E-state index in [0.29, 0.717) is 0 Å². The maximum atomic E-state index is 12.0. The monoisotopic (exact) mass is 507 g/mol. The molecule has 0 atom stereocenters. The lowest BCUT2D eigenvalue weighted by molar-refractivity contribution is 0.0696. The molecule has 0 unspecified atom stereocenters. The van der Waals surface area contributed by atoms with E-state index in [4.69, 9.17) is 14.4 Å². The van der Waals surface area contributed by atoms with Gasteiger partial charge in [-0.05, 0) is 69.2 Å². The van der Waals surface area contributed by atoms with Crippen molar-refractivity contribution >= 4 is 22.1 Å². The number of aromatic carboxylic acids is 1. The van der Waals surface area contributed by atoms with Crippen LogP contribution in [0.1, 0.15) is 80.0 Å². The fourth-order valence-electron chi connectivity index (χ4n) is 3.12. The number of rotatable bonds is 13. The number of esters is 1. The molecule has 35 heavy (non-hydrogen) atoms. The number of hydrogen-bond donors (Lipinski definition) is 2. The van der Waals surface area contributed by atoms with Crippen LogP contribution in [0.15, 0.2) is 53.4 Å². The van der Waals surface area contributed by atoms with Gasteiger partial charge in [0.2, 0.25) is 0 Å². The highest BCUT2D eigenvalue weighted by Crippen LogP contribution is 2.18. The predicted octanol–water partition coefficient (Wildman–Crippen LogP) is 5.54. The molecule has 0 saturated heterocycles. The van der Waals surface area contributed by atoms with Crippen molar-refractivity contribution in [2.24, 2.45) is 0 Å². The summed E-state index contributed by atoms with van der Waals surface area (Å²) in [7, 11) is -4.66. The molecule has 8 nitrogen and oxygen atoms in total. The topological polar surface area (TPSA) is 121 Å². The molecule has 0 amide bonds. The minimum Gasteiger partial charge on any atom is -0.478 e. The molecule has 2 N–H and O–H groups in total. The van der Waals surface area contributed by atoms with Crippen molar-refractivity contribution in [1.82, 2.24) is 4.90 Å². The first-order valence-electron chi connectivity index (χ1n) is 12.0. The Morgan fingerprint density at radius 1 is 0.829 bits per heavy atom. The Balaban J connectivity index is 0.000000405. The number of carbonyl (C=O) groups excluding carboxylic acids is 1. The first-order valence-corrected chi connectivity index (χ1v) is 13.4. The molecule has 2 aromatic carbocycles. The second kappa shape index (κ2) is 16.0. The molecular weight excluding hydrogens is 470 g/mol. The van der Waals surface area contributed by atoms with E-state index in [0.717, 1.165) is 18.2 Å². The largest absolute Gasteiger partial charge is 0.478 e. The van der Waals surface area contributed by atoms with Crippen molar-refractivity contribution in [1.29, 1.82) is 0 Å². The molecule has 0 saturated carbocycles. The fourth-order valence-corrected chi connectivity index (χ4v) is 3.68. The molecule has 9 heteroatoms. The van der Waals surface area contributed by atoms with E-state index in [1.54, 1.807) is 18.2 Å². The first-order chi connectivity index (χ1) is 16.6. The van der Waals surface area contributed by atoms with Crippen molar-refractivity contribution in [3.63, 3.8) is 0 Å². The Labute approximate surface area is 208 Å². The number of ether oxygens (including phenoxy) is 1. The third kappa shape index (κ3) is 12.0. The van der Waals surface area contributed by atoms with Crippen LogP contribution in [-0.4, -0.2) is 54.5 Å². The number of carboxylic acid groups (broad SMARTS) is 1. The van der Waals surface area contributed by atoms with E-state index in [1.807, 2.05) is 0 Å². The minimum absolute atomic E-state index is 0.210. The predicted molar refractivity (Wildman–Crippen MR) is 136 cm³/mol. The summed E-state index contributed by atoms with van der Waals surface area (Å²) in [6, 6.07) is 10.5. The SMILES string of the molecule is CCCCN(CCCC)CCCC.O=C(O)c1cc(C(=O)Oc2ccccc2)cc(S(=O)(=O)O)c1. The van der Waals surface area contributed by atoms with Crippen LogP contribution in [0.3, 0.4) is 0 Å². The van der Waals surface area contributed by atoms with Gasteiger partial charge in [-0.1, -0.05) is 58.2 Å². The van der Waals surface area contributed by atoms with Crippen molar-refractivity contribution in [2.45, 2.75) is 64.2 Å². The lowest BCUT2D eigenvalue weighted by Crippen LogP contribution is -2.27. The molecular formula is C26H37NO7S. The molecule has 194 valence electrons. The average Bonchev–Trinajstić information content (AvgIpc) is 2.83. The molecule has 0 aromatic heterocycles. The molecule has 0 spiro atoms. The molecule has 0 aliphatic carbocycles. The maximum Gasteiger partial charge on any atom is 0.343 e. The first kappa shape index (κ1) is 30.3. The van der Waals surface area contributed by atoms with Crippen LogP contribution < -0.4 is 4.74 Å². The Hall–Kier alpha value is -2.75. The van der Waals surface area contributed by atoms with Gasteiger partial charge in [0.05, 0.1) is 16.0 Å². The maximum absolute atomic E-state index is 12.0. The third-order valence-electron chi connectivity index (χ3n) is 5.12. The average molecular weight is 508 g/mol. The van der Waals surface area contributed by atoms with Crippen LogP contribution in [-0.2, 0) is 10.1 Å². The summed E-state index contributed by atoms with van der Waals surface area (Å²) in [6.07, 6.45) is 8.09. The second-order valence-corrected chi connectivity index (χ2v) is 9.55. The van der Waals surface area contributed by atoms with E-state index in [-0.39, 0.29) is 11.3 Å². The summed E-state index contributed by atoms with van der Waals surface area (Å²) in [5, 5.41) is 8.94. The van der Waals surface area contributed by atoms with Gasteiger partial charge >= 0.3 is 11.9 Å². The van der Waals surface area contributed by atoms with E-state index < -0.39 is 32.5 Å². The quantitative estimate of drug-likeness (QED) is 0.206. The number of carboxylic acids is 1. The summed E-state index contributed by atoms with van der Waals surface area (Å²) in [5.74, 6) is -2.18. The summed E-state index contributed by atoms with van der Waals surface area (Å²) in [6.45, 7) is 10.8. The molecule has 0 radical (unpaired) electrons. The number of nitrogens with zero attached hydrogens (tertiary/aromatic N) is 1. The van der Waals surface area contributed by atoms with Gasteiger partial charge in [0.15, 0.2) is 0 Å². The van der Waals surface area contributed by atoms with Crippen molar-refractivity contribution in [3.8, 4) is 5.75 Å². The van der Waals surface area contributed by atoms with Gasteiger partial charge in [-0.2, -0.15) is 8.42 Å². The number of hydrogen-bond acceptors (Lipinski definition) is 6. The Bertz CT molecular complexity index is 1000. The highest BCUT2D eigenvalue weighted by molar-refractivity contribution is 7.85. The second-order valence-electron chi connectivity index (χ2n) is 8.13. The molecule has 0 fully saturated rings. The third-order valence-corrected chi connectivity index (χ3v) is 5.96. The van der Waals surface area contributed by atoms with Crippen molar-refractivity contribution in [3.05, 3.63) is 59.7 Å². The number of carbonyl (C=O) groups is 2. The molecule has 2 aromatic rings. The van der Waals surface area contributed by atoms with Gasteiger partial charge in [0.1, 0.15) is 5.75 Å². The van der Waals surface area contributed by atoms with Crippen LogP contribution in [0.25, 0.3) is 0 Å². The lowest BCUT2D eigenvalue weighted by Gasteiger charge is -2.21. The zero-order valence-corrected chi connectivity index (χ0v) is 21.6. The highest BCUT2D eigenvalue weighted by atomic mass is 32.2. The lowest BCUT2D eigenvalue weighted by atomic mass is 10.1. The van der Waals surface area contributed by atoms with E-state index in [1.165, 1.54) is 70.3 Å². The van der Waals surface area contributed by atoms with E-state index in [2.05, 4.69) is 25.7 Å². The molecule has 2 rings (SSSR count). The van der Waals surface area contributed by atoms with Crippen molar-refractivity contribution in [2.75, 3.05) is 19.6 Å². The van der Waals surface area contributed by atoms with Gasteiger partial charge in [-0.15, -0.1) is 0 Å². The summed E-state index contributed by atoms with van der Waals surface area (Å²) in [5.41, 5.74) is -0.772. The van der Waals surface area contributed by atoms with Gasteiger partial charge in [-0.25, -0.2) is 9.59 Å². The fraction of sp³-hybridized carbons (Fsp3) is 0.462. The normalized spacial score (nSPS) is 11.0. The number of para-hydroxylation sites is 1. The minimum atomic E-state index is -4.66. The van der Waals surface area contributed by atoms with Crippen LogP contribution in [0.2, 0.25) is 0 Å². The Morgan fingerprint density at radius 2 is 1.31 bits per heavy atom. The number of unbranched alkanes of at least 4 members (excludes halogenated alkanes) is 3. The van der Waals surface area contributed by atoms with Crippen LogP contribution >= 0.6 is 0 Å². The zero-order valence-electron chi connectivity index (χ0n) is 20.8. The highest BCUT2D eigenvalue weighted by Gasteiger charge is 2.19. The van der Waals surface area contributed by atoms with Gasteiger partial charge in [0.25, 0.3) is 10.1 Å². The smallest absolute Gasteiger partial charge is 0.343 e.